The van der Waals surface area contributed by atoms with Gasteiger partial charge in [-0.15, -0.1) is 11.3 Å². The summed E-state index contributed by atoms with van der Waals surface area (Å²) < 4.78 is 9.92. The van der Waals surface area contributed by atoms with Crippen molar-refractivity contribution in [3.63, 3.8) is 0 Å². The molecule has 19 heavy (non-hydrogen) atoms. The number of furan rings is 1. The molecule has 0 radical (unpaired) electrons. The first kappa shape index (κ1) is 13.8. The minimum absolute atomic E-state index is 0.144. The van der Waals surface area contributed by atoms with Crippen molar-refractivity contribution in [2.45, 2.75) is 26.4 Å². The van der Waals surface area contributed by atoms with Crippen molar-refractivity contribution in [2.75, 3.05) is 7.11 Å². The quantitative estimate of drug-likeness (QED) is 0.853. The molecule has 5 nitrogen and oxygen atoms in total. The summed E-state index contributed by atoms with van der Waals surface area (Å²) in [6, 6.07) is 1.82. The molecule has 0 aliphatic rings. The molecule has 2 heterocycles. The first-order valence-electron chi connectivity index (χ1n) is 5.91. The van der Waals surface area contributed by atoms with Gasteiger partial charge in [-0.05, 0) is 19.9 Å². The number of methoxy groups -OCH3 is 1. The van der Waals surface area contributed by atoms with Crippen molar-refractivity contribution in [1.29, 1.82) is 0 Å². The van der Waals surface area contributed by atoms with E-state index in [0.717, 1.165) is 10.7 Å². The van der Waals surface area contributed by atoms with Crippen LogP contribution in [-0.4, -0.2) is 18.1 Å². The fraction of sp³-hybridized carbons (Fsp3) is 0.385. The smallest absolute Gasteiger partial charge is 0.341 e. The molecule has 2 rings (SSSR count). The number of nitrogens with one attached hydrogen (secondary N) is 1. The van der Waals surface area contributed by atoms with Crippen molar-refractivity contribution in [3.8, 4) is 0 Å². The predicted molar refractivity (Wildman–Crippen MR) is 72.2 cm³/mol. The second-order valence-corrected chi connectivity index (χ2v) is 5.11. The molecule has 102 valence electrons. The van der Waals surface area contributed by atoms with Crippen molar-refractivity contribution in [3.05, 3.63) is 39.7 Å². The van der Waals surface area contributed by atoms with E-state index in [2.05, 4.69) is 15.0 Å². The van der Waals surface area contributed by atoms with E-state index < -0.39 is 5.97 Å². The number of aromatic nitrogens is 1. The second kappa shape index (κ2) is 5.99. The lowest BCUT2D eigenvalue weighted by Crippen LogP contribution is -2.17. The standard InChI is InChI=1S/C13H16N2O3S/c1-8-7-19-12(15-8)9(2)14-5-11-4-10(6-18-11)13(16)17-3/h4,6-7,9,14H,5H2,1-3H3. The maximum absolute atomic E-state index is 11.3. The highest BCUT2D eigenvalue weighted by Crippen LogP contribution is 2.18. The third-order valence-corrected chi connectivity index (χ3v) is 3.81. The summed E-state index contributed by atoms with van der Waals surface area (Å²) >= 11 is 1.63. The first-order valence-corrected chi connectivity index (χ1v) is 6.79. The highest BCUT2D eigenvalue weighted by atomic mass is 32.1. The van der Waals surface area contributed by atoms with E-state index in [0.29, 0.717) is 17.9 Å². The Bertz CT molecular complexity index is 562. The Balaban J connectivity index is 1.91. The Hall–Kier alpha value is -1.66. The van der Waals surface area contributed by atoms with Gasteiger partial charge in [0.05, 0.1) is 25.3 Å². The van der Waals surface area contributed by atoms with Gasteiger partial charge in [-0.25, -0.2) is 9.78 Å². The van der Waals surface area contributed by atoms with Crippen LogP contribution >= 0.6 is 11.3 Å². The molecule has 0 bridgehead atoms. The molecular formula is C13H16N2O3S. The number of aryl methyl sites for hydroxylation is 1. The summed E-state index contributed by atoms with van der Waals surface area (Å²) in [7, 11) is 1.35. The molecule has 6 heteroatoms. The zero-order valence-electron chi connectivity index (χ0n) is 11.1. The number of hydrogen-bond donors (Lipinski definition) is 1. The summed E-state index contributed by atoms with van der Waals surface area (Å²) in [5.41, 5.74) is 1.46. The Kier molecular flexibility index (Phi) is 4.34. The van der Waals surface area contributed by atoms with E-state index in [4.69, 9.17) is 4.42 Å². The number of thiazole rings is 1. The lowest BCUT2D eigenvalue weighted by molar-refractivity contribution is 0.0600. The van der Waals surface area contributed by atoms with E-state index in [1.54, 1.807) is 17.4 Å². The van der Waals surface area contributed by atoms with Gasteiger partial charge >= 0.3 is 5.97 Å². The van der Waals surface area contributed by atoms with Crippen molar-refractivity contribution in [2.24, 2.45) is 0 Å². The normalized spacial score (nSPS) is 12.4. The van der Waals surface area contributed by atoms with Crippen LogP contribution in [0.25, 0.3) is 0 Å². The van der Waals surface area contributed by atoms with Gasteiger partial charge in [0.25, 0.3) is 0 Å². The highest BCUT2D eigenvalue weighted by Gasteiger charge is 2.12. The predicted octanol–water partition coefficient (Wildman–Crippen LogP) is 2.68. The van der Waals surface area contributed by atoms with E-state index >= 15 is 0 Å². The number of hydrogen-bond acceptors (Lipinski definition) is 6. The Labute approximate surface area is 115 Å². The maximum atomic E-state index is 11.3. The Morgan fingerprint density at radius 2 is 2.42 bits per heavy atom. The maximum Gasteiger partial charge on any atom is 0.341 e. The lowest BCUT2D eigenvalue weighted by Gasteiger charge is -2.09. The van der Waals surface area contributed by atoms with Crippen molar-refractivity contribution >= 4 is 17.3 Å². The molecule has 2 aromatic rings. The Morgan fingerprint density at radius 3 is 3.05 bits per heavy atom. The van der Waals surface area contributed by atoms with Crippen LogP contribution in [0.2, 0.25) is 0 Å². The van der Waals surface area contributed by atoms with Crippen LogP contribution in [-0.2, 0) is 11.3 Å². The molecule has 0 aromatic carbocycles. The number of nitrogens with zero attached hydrogens (tertiary/aromatic N) is 1. The molecule has 0 saturated heterocycles. The third kappa shape index (κ3) is 3.42. The van der Waals surface area contributed by atoms with Crippen molar-refractivity contribution in [1.82, 2.24) is 10.3 Å². The summed E-state index contributed by atoms with van der Waals surface area (Å²) in [4.78, 5) is 15.7. The molecule has 1 N–H and O–H groups in total. The molecule has 0 saturated carbocycles. The fourth-order valence-electron chi connectivity index (χ4n) is 1.61. The SMILES string of the molecule is COC(=O)c1coc(CNC(C)c2nc(C)cs2)c1. The molecule has 0 aliphatic carbocycles. The Morgan fingerprint density at radius 1 is 1.63 bits per heavy atom. The van der Waals surface area contributed by atoms with Crippen LogP contribution in [0.5, 0.6) is 0 Å². The van der Waals surface area contributed by atoms with Crippen LogP contribution in [0.1, 0.15) is 39.8 Å². The summed E-state index contributed by atoms with van der Waals surface area (Å²) in [6.45, 7) is 4.56. The van der Waals surface area contributed by atoms with Crippen LogP contribution in [0.4, 0.5) is 0 Å². The monoisotopic (exact) mass is 280 g/mol. The molecule has 0 spiro atoms. The average molecular weight is 280 g/mol. The molecule has 0 fully saturated rings. The van der Waals surface area contributed by atoms with Gasteiger partial charge in [0.1, 0.15) is 17.0 Å². The number of ether oxygens (including phenoxy) is 1. The molecular weight excluding hydrogens is 264 g/mol. The van der Waals surface area contributed by atoms with Crippen LogP contribution < -0.4 is 5.32 Å². The number of carbonyl (C=O) groups is 1. The lowest BCUT2D eigenvalue weighted by atomic mass is 10.3. The second-order valence-electron chi connectivity index (χ2n) is 4.22. The van der Waals surface area contributed by atoms with Gasteiger partial charge in [0.15, 0.2) is 0 Å². The van der Waals surface area contributed by atoms with Crippen LogP contribution in [0.3, 0.4) is 0 Å². The molecule has 1 unspecified atom stereocenters. The fourth-order valence-corrected chi connectivity index (χ4v) is 2.44. The third-order valence-electron chi connectivity index (χ3n) is 2.66. The summed E-state index contributed by atoms with van der Waals surface area (Å²) in [5.74, 6) is 0.305. The number of esters is 1. The average Bonchev–Trinajstić information content (AvgIpc) is 3.04. The van der Waals surface area contributed by atoms with Gasteiger partial charge in [0, 0.05) is 11.1 Å². The van der Waals surface area contributed by atoms with Gasteiger partial charge in [-0.3, -0.25) is 0 Å². The summed E-state index contributed by atoms with van der Waals surface area (Å²) in [6.07, 6.45) is 1.40. The van der Waals surface area contributed by atoms with E-state index in [1.165, 1.54) is 13.4 Å². The van der Waals surface area contributed by atoms with Gasteiger partial charge in [0.2, 0.25) is 0 Å². The zero-order valence-corrected chi connectivity index (χ0v) is 11.9. The zero-order chi connectivity index (χ0) is 13.8. The van der Waals surface area contributed by atoms with E-state index in [9.17, 15) is 4.79 Å². The van der Waals surface area contributed by atoms with Crippen molar-refractivity contribution < 1.29 is 13.9 Å². The molecule has 1 atom stereocenters. The minimum atomic E-state index is -0.390. The van der Waals surface area contributed by atoms with Gasteiger partial charge in [-0.1, -0.05) is 0 Å². The highest BCUT2D eigenvalue weighted by molar-refractivity contribution is 7.09. The van der Waals surface area contributed by atoms with Gasteiger partial charge < -0.3 is 14.5 Å². The molecule has 2 aromatic heterocycles. The largest absolute Gasteiger partial charge is 0.467 e. The summed E-state index contributed by atoms with van der Waals surface area (Å²) in [5, 5.41) is 6.36. The first-order chi connectivity index (χ1) is 9.10. The van der Waals surface area contributed by atoms with E-state index in [-0.39, 0.29) is 6.04 Å². The number of carbonyl (C=O) groups excluding carboxylic acids is 1. The number of rotatable bonds is 5. The van der Waals surface area contributed by atoms with E-state index in [1.807, 2.05) is 19.2 Å². The minimum Gasteiger partial charge on any atom is -0.467 e. The van der Waals surface area contributed by atoms with Gasteiger partial charge in [-0.2, -0.15) is 0 Å². The van der Waals surface area contributed by atoms with Crippen LogP contribution in [0.15, 0.2) is 22.1 Å². The molecule has 0 amide bonds. The topological polar surface area (TPSA) is 64.4 Å². The molecule has 0 aliphatic heterocycles. The van der Waals surface area contributed by atoms with Crippen LogP contribution in [0, 0.1) is 6.92 Å².